The fourth-order valence-electron chi connectivity index (χ4n) is 5.61. The summed E-state index contributed by atoms with van der Waals surface area (Å²) in [6.07, 6.45) is 6.09. The van der Waals surface area contributed by atoms with Crippen LogP contribution < -0.4 is 4.90 Å². The van der Waals surface area contributed by atoms with Gasteiger partial charge in [0.25, 0.3) is 5.91 Å². The number of rotatable bonds is 5. The van der Waals surface area contributed by atoms with Crippen LogP contribution in [0.1, 0.15) is 77.2 Å². The van der Waals surface area contributed by atoms with Crippen LogP contribution in [0.25, 0.3) is 0 Å². The fourth-order valence-corrected chi connectivity index (χ4v) is 5.61. The van der Waals surface area contributed by atoms with E-state index in [4.69, 9.17) is 19.5 Å². The molecule has 1 amide bonds. The highest BCUT2D eigenvalue weighted by molar-refractivity contribution is 5.92. The number of aromatic nitrogens is 1. The summed E-state index contributed by atoms with van der Waals surface area (Å²) < 4.78 is 11.6. The Morgan fingerprint density at radius 2 is 1.92 bits per heavy atom. The van der Waals surface area contributed by atoms with E-state index in [9.17, 15) is 4.79 Å². The van der Waals surface area contributed by atoms with Crippen molar-refractivity contribution in [2.45, 2.75) is 57.3 Å². The summed E-state index contributed by atoms with van der Waals surface area (Å²) in [4.78, 5) is 22.8. The highest BCUT2D eigenvalue weighted by Gasteiger charge is 2.39. The largest absolute Gasteiger partial charge is 0.459 e. The van der Waals surface area contributed by atoms with Crippen molar-refractivity contribution in [3.8, 4) is 0 Å². The zero-order valence-electron chi connectivity index (χ0n) is 20.9. The molecule has 2 fully saturated rings. The zero-order valence-corrected chi connectivity index (χ0v) is 20.9. The number of carbonyl (C=O) groups is 1. The minimum atomic E-state index is -0.273. The van der Waals surface area contributed by atoms with Crippen molar-refractivity contribution in [3.05, 3.63) is 82.4 Å². The van der Waals surface area contributed by atoms with E-state index in [1.807, 2.05) is 23.1 Å². The van der Waals surface area contributed by atoms with Gasteiger partial charge in [-0.2, -0.15) is 0 Å². The first-order valence-electron chi connectivity index (χ1n) is 12.8. The second-order valence-electron chi connectivity index (χ2n) is 10.7. The average molecular weight is 485 g/mol. The third kappa shape index (κ3) is 4.11. The molecule has 3 aromatic rings. The van der Waals surface area contributed by atoms with Gasteiger partial charge in [0.1, 0.15) is 5.82 Å². The van der Waals surface area contributed by atoms with Crippen LogP contribution in [0, 0.1) is 5.41 Å². The number of amides is 1. The first-order valence-corrected chi connectivity index (χ1v) is 12.8. The molecule has 1 atom stereocenters. The molecule has 186 valence electrons. The van der Waals surface area contributed by atoms with Gasteiger partial charge in [-0.05, 0) is 49.9 Å². The maximum Gasteiger partial charge on any atom is 0.290 e. The second-order valence-corrected chi connectivity index (χ2v) is 10.7. The van der Waals surface area contributed by atoms with Gasteiger partial charge in [0.05, 0.1) is 30.2 Å². The maximum atomic E-state index is 13.4. The first kappa shape index (κ1) is 23.0. The lowest BCUT2D eigenvalue weighted by Crippen LogP contribution is -2.51. The Labute approximate surface area is 211 Å². The van der Waals surface area contributed by atoms with E-state index >= 15 is 0 Å². The number of ether oxygens (including phenoxy) is 1. The summed E-state index contributed by atoms with van der Waals surface area (Å²) in [7, 11) is 0. The normalized spacial score (nSPS) is 21.2. The van der Waals surface area contributed by atoms with Gasteiger partial charge < -0.3 is 24.4 Å². The molecule has 0 unspecified atom stereocenters. The van der Waals surface area contributed by atoms with Gasteiger partial charge in [-0.15, -0.1) is 0 Å². The van der Waals surface area contributed by atoms with Crippen molar-refractivity contribution in [1.82, 2.24) is 9.88 Å². The summed E-state index contributed by atoms with van der Waals surface area (Å²) in [6, 6.07) is 13.5. The minimum Gasteiger partial charge on any atom is -0.459 e. The number of nitrogens with zero attached hydrogens (tertiary/aromatic N) is 3. The number of hydrogen-bond acceptors (Lipinski definition) is 6. The molecule has 1 aromatic carbocycles. The van der Waals surface area contributed by atoms with Crippen LogP contribution in [0.3, 0.4) is 0 Å². The van der Waals surface area contributed by atoms with Crippen LogP contribution in [-0.4, -0.2) is 47.2 Å². The van der Waals surface area contributed by atoms with Crippen LogP contribution >= 0.6 is 0 Å². The molecule has 36 heavy (non-hydrogen) atoms. The second kappa shape index (κ2) is 8.89. The van der Waals surface area contributed by atoms with E-state index in [1.165, 1.54) is 17.3 Å². The molecule has 7 nitrogen and oxygen atoms in total. The van der Waals surface area contributed by atoms with Gasteiger partial charge >= 0.3 is 0 Å². The minimum absolute atomic E-state index is 0.100. The predicted octanol–water partition coefficient (Wildman–Crippen LogP) is 5.10. The Morgan fingerprint density at radius 1 is 1.11 bits per heavy atom. The number of piperazine rings is 1. The van der Waals surface area contributed by atoms with E-state index in [1.54, 1.807) is 18.4 Å². The van der Waals surface area contributed by atoms with Crippen molar-refractivity contribution < 1.29 is 13.9 Å². The quantitative estimate of drug-likeness (QED) is 0.509. The fraction of sp³-hybridized carbons (Fsp3) is 0.414. The lowest BCUT2D eigenvalue weighted by Gasteiger charge is -2.43. The predicted molar refractivity (Wildman–Crippen MR) is 138 cm³/mol. The number of hydrogen-bond donors (Lipinski definition) is 1. The standard InChI is InChI=1S/C29H32N4O3/c1-29(2)15-21-22(16-30)27(31-26(20-10-11-20)23(21)18-36-29)32-12-13-33(28(34)25-9-6-14-35-25)24(17-32)19-7-4-3-5-8-19/h3-9,14,16,20,24,30H,10-13,15,17-18H2,1-2H3/t24-/m0/s1. The van der Waals surface area contributed by atoms with Crippen LogP contribution in [0.15, 0.2) is 53.1 Å². The summed E-state index contributed by atoms with van der Waals surface area (Å²) in [6.45, 7) is 6.58. The Kier molecular flexibility index (Phi) is 5.67. The topological polar surface area (TPSA) is 82.7 Å². The van der Waals surface area contributed by atoms with Crippen molar-refractivity contribution in [1.29, 1.82) is 5.41 Å². The van der Waals surface area contributed by atoms with Gasteiger partial charge in [0.2, 0.25) is 0 Å². The molecule has 0 bridgehead atoms. The number of nitrogens with one attached hydrogen (secondary N) is 1. The van der Waals surface area contributed by atoms with Crippen molar-refractivity contribution in [2.24, 2.45) is 0 Å². The van der Waals surface area contributed by atoms with Crippen LogP contribution in [0.2, 0.25) is 0 Å². The van der Waals surface area contributed by atoms with Gasteiger partial charge in [-0.1, -0.05) is 30.3 Å². The molecular formula is C29H32N4O3. The summed E-state index contributed by atoms with van der Waals surface area (Å²) in [5, 5.41) is 8.37. The van der Waals surface area contributed by atoms with E-state index in [0.29, 0.717) is 37.9 Å². The monoisotopic (exact) mass is 484 g/mol. The Hall–Kier alpha value is -3.45. The Balaban J connectivity index is 1.41. The van der Waals surface area contributed by atoms with Gasteiger partial charge in [-0.3, -0.25) is 4.79 Å². The Morgan fingerprint density at radius 3 is 2.61 bits per heavy atom. The summed E-state index contributed by atoms with van der Waals surface area (Å²) >= 11 is 0. The third-order valence-corrected chi connectivity index (χ3v) is 7.64. The molecule has 1 N–H and O–H groups in total. The summed E-state index contributed by atoms with van der Waals surface area (Å²) in [5.41, 5.74) is 5.23. The summed E-state index contributed by atoms with van der Waals surface area (Å²) in [5.74, 6) is 1.61. The molecule has 4 heterocycles. The number of benzene rings is 1. The molecule has 1 aliphatic carbocycles. The van der Waals surface area contributed by atoms with Gasteiger partial charge in [0, 0.05) is 49.3 Å². The molecule has 1 saturated heterocycles. The highest BCUT2D eigenvalue weighted by atomic mass is 16.5. The van der Waals surface area contributed by atoms with E-state index in [2.05, 4.69) is 30.9 Å². The zero-order chi connectivity index (χ0) is 24.9. The molecule has 0 spiro atoms. The van der Waals surface area contributed by atoms with E-state index < -0.39 is 0 Å². The lowest BCUT2D eigenvalue weighted by molar-refractivity contribution is -0.0406. The SMILES string of the molecule is CC1(C)Cc2c(C=N)c(N3CCN(C(=O)c4ccco4)[C@H](c4ccccc4)C3)nc(C3CC3)c2CO1. The highest BCUT2D eigenvalue weighted by Crippen LogP contribution is 2.46. The number of fused-ring (bicyclic) bond motifs is 1. The molecule has 7 heteroatoms. The van der Waals surface area contributed by atoms with Gasteiger partial charge in [0.15, 0.2) is 5.76 Å². The first-order chi connectivity index (χ1) is 17.4. The number of anilines is 1. The smallest absolute Gasteiger partial charge is 0.290 e. The van der Waals surface area contributed by atoms with Crippen LogP contribution in [-0.2, 0) is 17.8 Å². The third-order valence-electron chi connectivity index (χ3n) is 7.64. The van der Waals surface area contributed by atoms with E-state index in [0.717, 1.165) is 41.9 Å². The number of pyridine rings is 1. The number of carbonyl (C=O) groups excluding carboxylic acids is 1. The molecule has 2 aromatic heterocycles. The van der Waals surface area contributed by atoms with Crippen molar-refractivity contribution in [2.75, 3.05) is 24.5 Å². The number of furan rings is 1. The molecule has 6 rings (SSSR count). The lowest BCUT2D eigenvalue weighted by atomic mass is 9.87. The molecule has 2 aliphatic heterocycles. The van der Waals surface area contributed by atoms with Crippen LogP contribution in [0.4, 0.5) is 5.82 Å². The van der Waals surface area contributed by atoms with E-state index in [-0.39, 0.29) is 17.6 Å². The maximum absolute atomic E-state index is 13.4. The van der Waals surface area contributed by atoms with Crippen LogP contribution in [0.5, 0.6) is 0 Å². The Bertz CT molecular complexity index is 1280. The molecule has 1 saturated carbocycles. The van der Waals surface area contributed by atoms with Crippen molar-refractivity contribution >= 4 is 17.9 Å². The van der Waals surface area contributed by atoms with Gasteiger partial charge in [-0.25, -0.2) is 4.98 Å². The molecular weight excluding hydrogens is 452 g/mol. The average Bonchev–Trinajstić information content (AvgIpc) is 3.59. The molecule has 3 aliphatic rings. The van der Waals surface area contributed by atoms with Crippen molar-refractivity contribution in [3.63, 3.8) is 0 Å². The molecule has 0 radical (unpaired) electrons.